The van der Waals surface area contributed by atoms with Gasteiger partial charge in [0.1, 0.15) is 5.01 Å². The standard InChI is InChI=1S/C24H23N3O2S/c1-16(24-26-20-12-5-6-13-21(20)30-24)27(2)23(29)15-25-22(28)14-18-10-7-9-17-8-3-4-11-19(17)18/h3-13,16H,14-15H2,1-2H3,(H,25,28). The summed E-state index contributed by atoms with van der Waals surface area (Å²) in [5, 5.41) is 5.80. The van der Waals surface area contributed by atoms with Crippen molar-refractivity contribution in [2.75, 3.05) is 13.6 Å². The van der Waals surface area contributed by atoms with Crippen molar-refractivity contribution in [3.8, 4) is 0 Å². The number of hydrogen-bond acceptors (Lipinski definition) is 4. The van der Waals surface area contributed by atoms with Crippen molar-refractivity contribution in [1.82, 2.24) is 15.2 Å². The van der Waals surface area contributed by atoms with Crippen LogP contribution in [0.25, 0.3) is 21.0 Å². The van der Waals surface area contributed by atoms with Gasteiger partial charge >= 0.3 is 0 Å². The number of rotatable bonds is 6. The smallest absolute Gasteiger partial charge is 0.242 e. The second kappa shape index (κ2) is 8.63. The van der Waals surface area contributed by atoms with Gasteiger partial charge in [-0.1, -0.05) is 54.6 Å². The van der Waals surface area contributed by atoms with Crippen molar-refractivity contribution >= 4 is 44.1 Å². The van der Waals surface area contributed by atoms with E-state index in [1.54, 1.807) is 23.3 Å². The van der Waals surface area contributed by atoms with E-state index in [1.807, 2.05) is 73.7 Å². The molecule has 2 amide bonds. The predicted molar refractivity (Wildman–Crippen MR) is 121 cm³/mol. The monoisotopic (exact) mass is 417 g/mol. The minimum atomic E-state index is -0.166. The lowest BCUT2D eigenvalue weighted by atomic mass is 10.0. The molecule has 0 radical (unpaired) electrons. The number of fused-ring (bicyclic) bond motifs is 2. The maximum Gasteiger partial charge on any atom is 0.242 e. The minimum Gasteiger partial charge on any atom is -0.347 e. The Labute approximate surface area is 179 Å². The average Bonchev–Trinajstić information content (AvgIpc) is 3.21. The van der Waals surface area contributed by atoms with Crippen LogP contribution in [0.3, 0.4) is 0 Å². The SMILES string of the molecule is CC(c1nc2ccccc2s1)N(C)C(=O)CNC(=O)Cc1cccc2ccccc12. The number of para-hydroxylation sites is 1. The third-order valence-electron chi connectivity index (χ3n) is 5.31. The normalized spacial score (nSPS) is 12.1. The zero-order chi connectivity index (χ0) is 21.1. The van der Waals surface area contributed by atoms with Crippen LogP contribution in [0.4, 0.5) is 0 Å². The third kappa shape index (κ3) is 4.19. The number of thiazole rings is 1. The topological polar surface area (TPSA) is 62.3 Å². The van der Waals surface area contributed by atoms with E-state index in [9.17, 15) is 9.59 Å². The van der Waals surface area contributed by atoms with Gasteiger partial charge in [-0.25, -0.2) is 4.98 Å². The lowest BCUT2D eigenvalue weighted by molar-refractivity contribution is -0.133. The Bertz CT molecular complexity index is 1180. The summed E-state index contributed by atoms with van der Waals surface area (Å²) in [5.41, 5.74) is 1.89. The van der Waals surface area contributed by atoms with E-state index >= 15 is 0 Å². The van der Waals surface area contributed by atoms with E-state index in [1.165, 1.54) is 0 Å². The molecule has 0 aliphatic rings. The van der Waals surface area contributed by atoms with Crippen LogP contribution in [0.2, 0.25) is 0 Å². The number of hydrogen-bond donors (Lipinski definition) is 1. The summed E-state index contributed by atoms with van der Waals surface area (Å²) < 4.78 is 1.10. The first-order valence-electron chi connectivity index (χ1n) is 9.87. The zero-order valence-corrected chi connectivity index (χ0v) is 17.8. The fraction of sp³-hybridized carbons (Fsp3) is 0.208. The summed E-state index contributed by atoms with van der Waals surface area (Å²) >= 11 is 1.59. The van der Waals surface area contributed by atoms with Gasteiger partial charge in [0, 0.05) is 7.05 Å². The molecule has 1 unspecified atom stereocenters. The van der Waals surface area contributed by atoms with Gasteiger partial charge in [0.05, 0.1) is 29.2 Å². The molecule has 1 N–H and O–H groups in total. The number of benzene rings is 3. The summed E-state index contributed by atoms with van der Waals surface area (Å²) in [4.78, 5) is 31.3. The van der Waals surface area contributed by atoms with E-state index in [0.717, 1.165) is 31.6 Å². The van der Waals surface area contributed by atoms with Gasteiger partial charge in [-0.15, -0.1) is 11.3 Å². The van der Waals surface area contributed by atoms with Crippen LogP contribution < -0.4 is 5.32 Å². The quantitative estimate of drug-likeness (QED) is 0.508. The zero-order valence-electron chi connectivity index (χ0n) is 17.0. The van der Waals surface area contributed by atoms with Crippen LogP contribution in [0, 0.1) is 0 Å². The fourth-order valence-electron chi connectivity index (χ4n) is 3.43. The fourth-order valence-corrected chi connectivity index (χ4v) is 4.49. The molecule has 1 heterocycles. The third-order valence-corrected chi connectivity index (χ3v) is 6.52. The Morgan fingerprint density at radius 3 is 2.60 bits per heavy atom. The van der Waals surface area contributed by atoms with E-state index < -0.39 is 0 Å². The summed E-state index contributed by atoms with van der Waals surface area (Å²) in [6, 6.07) is 21.7. The van der Waals surface area contributed by atoms with Gasteiger partial charge in [0.15, 0.2) is 0 Å². The Hall–Kier alpha value is -3.25. The van der Waals surface area contributed by atoms with E-state index in [2.05, 4.69) is 10.3 Å². The van der Waals surface area contributed by atoms with E-state index in [0.29, 0.717) is 0 Å². The summed E-state index contributed by atoms with van der Waals surface area (Å²) in [6.45, 7) is 1.92. The highest BCUT2D eigenvalue weighted by Crippen LogP contribution is 2.28. The van der Waals surface area contributed by atoms with Crippen LogP contribution >= 0.6 is 11.3 Å². The first kappa shape index (κ1) is 20.0. The maximum absolute atomic E-state index is 12.6. The lowest BCUT2D eigenvalue weighted by Crippen LogP contribution is -2.39. The molecule has 4 rings (SSSR count). The van der Waals surface area contributed by atoms with Gasteiger partial charge in [0.25, 0.3) is 0 Å². The van der Waals surface area contributed by atoms with Crippen molar-refractivity contribution in [3.05, 3.63) is 77.3 Å². The highest BCUT2D eigenvalue weighted by molar-refractivity contribution is 7.18. The van der Waals surface area contributed by atoms with Gasteiger partial charge in [0.2, 0.25) is 11.8 Å². The molecular formula is C24H23N3O2S. The Morgan fingerprint density at radius 2 is 1.77 bits per heavy atom. The van der Waals surface area contributed by atoms with Crippen molar-refractivity contribution in [2.24, 2.45) is 0 Å². The van der Waals surface area contributed by atoms with Crippen LogP contribution in [0.5, 0.6) is 0 Å². The second-order valence-electron chi connectivity index (χ2n) is 7.29. The molecule has 5 nitrogen and oxygen atoms in total. The molecule has 0 bridgehead atoms. The minimum absolute atomic E-state index is 0.0324. The summed E-state index contributed by atoms with van der Waals surface area (Å²) in [6.07, 6.45) is 0.242. The average molecular weight is 418 g/mol. The van der Waals surface area contributed by atoms with Crippen molar-refractivity contribution in [1.29, 1.82) is 0 Å². The van der Waals surface area contributed by atoms with Crippen LogP contribution in [0.15, 0.2) is 66.7 Å². The predicted octanol–water partition coefficient (Wildman–Crippen LogP) is 4.33. The second-order valence-corrected chi connectivity index (χ2v) is 8.35. The molecular weight excluding hydrogens is 394 g/mol. The molecule has 0 spiro atoms. The van der Waals surface area contributed by atoms with Gasteiger partial charge in [-0.3, -0.25) is 9.59 Å². The van der Waals surface area contributed by atoms with E-state index in [4.69, 9.17) is 0 Å². The molecule has 6 heteroatoms. The number of aromatic nitrogens is 1. The largest absolute Gasteiger partial charge is 0.347 e. The Balaban J connectivity index is 1.36. The van der Waals surface area contributed by atoms with Crippen LogP contribution in [-0.4, -0.2) is 35.3 Å². The molecule has 0 aliphatic heterocycles. The first-order valence-corrected chi connectivity index (χ1v) is 10.7. The molecule has 3 aromatic carbocycles. The number of carbonyl (C=O) groups excluding carboxylic acids is 2. The molecule has 1 atom stereocenters. The Morgan fingerprint density at radius 1 is 1.03 bits per heavy atom. The summed E-state index contributed by atoms with van der Waals surface area (Å²) in [5.74, 6) is -0.311. The molecule has 4 aromatic rings. The van der Waals surface area contributed by atoms with Gasteiger partial charge < -0.3 is 10.2 Å². The highest BCUT2D eigenvalue weighted by Gasteiger charge is 2.21. The summed E-state index contributed by atoms with van der Waals surface area (Å²) in [7, 11) is 1.75. The molecule has 0 saturated carbocycles. The van der Waals surface area contributed by atoms with Crippen molar-refractivity contribution in [3.63, 3.8) is 0 Å². The molecule has 0 saturated heterocycles. The van der Waals surface area contributed by atoms with Crippen LogP contribution in [-0.2, 0) is 16.0 Å². The number of nitrogens with one attached hydrogen (secondary N) is 1. The lowest BCUT2D eigenvalue weighted by Gasteiger charge is -2.23. The molecule has 1 aromatic heterocycles. The Kier molecular flexibility index (Phi) is 5.77. The molecule has 152 valence electrons. The van der Waals surface area contributed by atoms with Crippen LogP contribution in [0.1, 0.15) is 23.5 Å². The number of nitrogens with zero attached hydrogens (tertiary/aromatic N) is 2. The maximum atomic E-state index is 12.6. The number of carbonyl (C=O) groups is 2. The van der Waals surface area contributed by atoms with Gasteiger partial charge in [-0.05, 0) is 35.4 Å². The van der Waals surface area contributed by atoms with Crippen molar-refractivity contribution in [2.45, 2.75) is 19.4 Å². The molecule has 0 aliphatic carbocycles. The number of likely N-dealkylation sites (N-methyl/N-ethyl adjacent to an activating group) is 1. The van der Waals surface area contributed by atoms with E-state index in [-0.39, 0.29) is 30.8 Å². The molecule has 0 fully saturated rings. The first-order chi connectivity index (χ1) is 14.5. The molecule has 30 heavy (non-hydrogen) atoms. The highest BCUT2D eigenvalue weighted by atomic mass is 32.1. The van der Waals surface area contributed by atoms with Crippen molar-refractivity contribution < 1.29 is 9.59 Å². The van der Waals surface area contributed by atoms with Gasteiger partial charge in [-0.2, -0.15) is 0 Å². The number of amides is 2.